The molecule has 0 aromatic heterocycles. The van der Waals surface area contributed by atoms with Gasteiger partial charge in [-0.3, -0.25) is 0 Å². The highest BCUT2D eigenvalue weighted by atomic mass is 16.5. The molecule has 0 saturated heterocycles. The predicted molar refractivity (Wildman–Crippen MR) is 85.7 cm³/mol. The van der Waals surface area contributed by atoms with E-state index in [-0.39, 0.29) is 6.10 Å². The molecule has 20 heavy (non-hydrogen) atoms. The number of unbranched alkanes of at least 4 members (excludes halogenated alkanes) is 6. The summed E-state index contributed by atoms with van der Waals surface area (Å²) in [6.45, 7) is 2.25. The SMILES string of the molecule is CCCCCCCCC#CC1C=Cc2ccccc2O1. The lowest BCUT2D eigenvalue weighted by Gasteiger charge is -2.16. The molecule has 0 saturated carbocycles. The van der Waals surface area contributed by atoms with Crippen LogP contribution >= 0.6 is 0 Å². The van der Waals surface area contributed by atoms with Crippen LogP contribution in [0.4, 0.5) is 0 Å². The van der Waals surface area contributed by atoms with Gasteiger partial charge in [0, 0.05) is 12.0 Å². The first-order valence-electron chi connectivity index (χ1n) is 7.82. The van der Waals surface area contributed by atoms with Crippen molar-refractivity contribution in [3.8, 4) is 17.6 Å². The minimum Gasteiger partial charge on any atom is -0.473 e. The fourth-order valence-corrected chi connectivity index (χ4v) is 2.34. The second kappa shape index (κ2) is 8.48. The summed E-state index contributed by atoms with van der Waals surface area (Å²) >= 11 is 0. The smallest absolute Gasteiger partial charge is 0.177 e. The first-order chi connectivity index (χ1) is 9.90. The molecule has 0 N–H and O–H groups in total. The molecule has 106 valence electrons. The minimum atomic E-state index is -0.0787. The summed E-state index contributed by atoms with van der Waals surface area (Å²) in [7, 11) is 0. The van der Waals surface area contributed by atoms with Gasteiger partial charge in [0.05, 0.1) is 0 Å². The van der Waals surface area contributed by atoms with E-state index >= 15 is 0 Å². The number of hydrogen-bond donors (Lipinski definition) is 0. The summed E-state index contributed by atoms with van der Waals surface area (Å²) in [6, 6.07) is 8.09. The van der Waals surface area contributed by atoms with Crippen LogP contribution in [0, 0.1) is 11.8 Å². The van der Waals surface area contributed by atoms with Gasteiger partial charge in [-0.1, -0.05) is 75.1 Å². The highest BCUT2D eigenvalue weighted by Gasteiger charge is 2.10. The van der Waals surface area contributed by atoms with Gasteiger partial charge in [-0.05, 0) is 18.6 Å². The zero-order valence-corrected chi connectivity index (χ0v) is 12.4. The molecule has 1 heteroatoms. The Hall–Kier alpha value is -1.68. The monoisotopic (exact) mass is 268 g/mol. The zero-order valence-electron chi connectivity index (χ0n) is 12.4. The van der Waals surface area contributed by atoms with Gasteiger partial charge in [0.1, 0.15) is 5.75 Å². The number of fused-ring (bicyclic) bond motifs is 1. The van der Waals surface area contributed by atoms with E-state index < -0.39 is 0 Å². The molecule has 0 radical (unpaired) electrons. The maximum Gasteiger partial charge on any atom is 0.177 e. The molecule has 1 atom stereocenters. The highest BCUT2D eigenvalue weighted by molar-refractivity contribution is 5.60. The normalized spacial score (nSPS) is 15.9. The van der Waals surface area contributed by atoms with Gasteiger partial charge in [-0.15, -0.1) is 0 Å². The average Bonchev–Trinajstić information content (AvgIpc) is 2.50. The van der Waals surface area contributed by atoms with Crippen molar-refractivity contribution >= 4 is 6.08 Å². The fourth-order valence-electron chi connectivity index (χ4n) is 2.34. The Morgan fingerprint density at radius 3 is 2.75 bits per heavy atom. The quantitative estimate of drug-likeness (QED) is 0.508. The van der Waals surface area contributed by atoms with Crippen molar-refractivity contribution in [3.63, 3.8) is 0 Å². The number of hydrogen-bond acceptors (Lipinski definition) is 1. The van der Waals surface area contributed by atoms with E-state index in [4.69, 9.17) is 4.74 Å². The average molecular weight is 268 g/mol. The van der Waals surface area contributed by atoms with Crippen molar-refractivity contribution < 1.29 is 4.74 Å². The Balaban J connectivity index is 1.67. The van der Waals surface area contributed by atoms with Crippen molar-refractivity contribution in [2.75, 3.05) is 0 Å². The lowest BCUT2D eigenvalue weighted by Crippen LogP contribution is -2.14. The number of ether oxygens (including phenoxy) is 1. The molecule has 1 heterocycles. The number of benzene rings is 1. The first kappa shape index (κ1) is 14.7. The Labute approximate surface area is 123 Å². The van der Waals surface area contributed by atoms with Crippen LogP contribution in [0.15, 0.2) is 30.3 Å². The Bertz CT molecular complexity index is 490. The van der Waals surface area contributed by atoms with Crippen LogP contribution in [0.2, 0.25) is 0 Å². The van der Waals surface area contributed by atoms with Crippen LogP contribution in [0.1, 0.15) is 57.4 Å². The minimum absolute atomic E-state index is 0.0787. The van der Waals surface area contributed by atoms with E-state index in [2.05, 4.69) is 30.9 Å². The molecule has 0 fully saturated rings. The van der Waals surface area contributed by atoms with Crippen molar-refractivity contribution in [1.29, 1.82) is 0 Å². The standard InChI is InChI=1S/C19H24O/c1-2-3-4-5-6-7-8-9-13-18-16-15-17-12-10-11-14-19(17)20-18/h10-12,14-16,18H,2-8H2,1H3. The van der Waals surface area contributed by atoms with E-state index in [1.165, 1.54) is 38.5 Å². The third-order valence-electron chi connectivity index (χ3n) is 3.52. The Morgan fingerprint density at radius 2 is 1.85 bits per heavy atom. The van der Waals surface area contributed by atoms with Crippen LogP contribution in [-0.4, -0.2) is 6.10 Å². The third-order valence-corrected chi connectivity index (χ3v) is 3.52. The second-order valence-electron chi connectivity index (χ2n) is 5.27. The van der Waals surface area contributed by atoms with Gasteiger partial charge >= 0.3 is 0 Å². The van der Waals surface area contributed by atoms with Crippen LogP contribution in [-0.2, 0) is 0 Å². The van der Waals surface area contributed by atoms with E-state index in [0.29, 0.717) is 0 Å². The van der Waals surface area contributed by atoms with Crippen molar-refractivity contribution in [2.45, 2.75) is 58.0 Å². The Kier molecular flexibility index (Phi) is 6.24. The second-order valence-corrected chi connectivity index (χ2v) is 5.27. The molecule has 0 amide bonds. The molecule has 1 aromatic rings. The molecule has 0 bridgehead atoms. The van der Waals surface area contributed by atoms with Gasteiger partial charge in [-0.25, -0.2) is 0 Å². The van der Waals surface area contributed by atoms with Gasteiger partial charge in [0.2, 0.25) is 0 Å². The molecule has 1 unspecified atom stereocenters. The summed E-state index contributed by atoms with van der Waals surface area (Å²) in [5, 5.41) is 0. The molecule has 1 nitrogen and oxygen atoms in total. The molecule has 0 spiro atoms. The van der Waals surface area contributed by atoms with Gasteiger partial charge in [0.25, 0.3) is 0 Å². The van der Waals surface area contributed by atoms with Crippen molar-refractivity contribution in [1.82, 2.24) is 0 Å². The Morgan fingerprint density at radius 1 is 1.05 bits per heavy atom. The summed E-state index contributed by atoms with van der Waals surface area (Å²) in [5.74, 6) is 7.39. The van der Waals surface area contributed by atoms with E-state index in [0.717, 1.165) is 17.7 Å². The molecule has 1 aliphatic heterocycles. The molecule has 0 aliphatic carbocycles. The topological polar surface area (TPSA) is 9.23 Å². The summed E-state index contributed by atoms with van der Waals surface area (Å²) in [5.41, 5.74) is 1.14. The van der Waals surface area contributed by atoms with Gasteiger partial charge < -0.3 is 4.74 Å². The van der Waals surface area contributed by atoms with Gasteiger partial charge in [-0.2, -0.15) is 0 Å². The van der Waals surface area contributed by atoms with E-state index in [1.807, 2.05) is 24.3 Å². The summed E-state index contributed by atoms with van der Waals surface area (Å²) in [6.07, 6.45) is 13.0. The number of rotatable bonds is 6. The maximum atomic E-state index is 5.83. The number of para-hydroxylation sites is 1. The van der Waals surface area contributed by atoms with Crippen LogP contribution < -0.4 is 4.74 Å². The van der Waals surface area contributed by atoms with Crippen LogP contribution in [0.25, 0.3) is 6.08 Å². The lowest BCUT2D eigenvalue weighted by molar-refractivity contribution is 0.301. The molecule has 1 aliphatic rings. The van der Waals surface area contributed by atoms with Crippen LogP contribution in [0.3, 0.4) is 0 Å². The third kappa shape index (κ3) is 4.78. The predicted octanol–water partition coefficient (Wildman–Crippen LogP) is 5.21. The maximum absolute atomic E-state index is 5.83. The first-order valence-corrected chi connectivity index (χ1v) is 7.82. The zero-order chi connectivity index (χ0) is 14.0. The van der Waals surface area contributed by atoms with E-state index in [1.54, 1.807) is 0 Å². The van der Waals surface area contributed by atoms with Gasteiger partial charge in [0.15, 0.2) is 6.10 Å². The molecular formula is C19H24O. The largest absolute Gasteiger partial charge is 0.473 e. The highest BCUT2D eigenvalue weighted by Crippen LogP contribution is 2.24. The molecule has 2 rings (SSSR count). The fraction of sp³-hybridized carbons (Fsp3) is 0.474. The van der Waals surface area contributed by atoms with Crippen LogP contribution in [0.5, 0.6) is 5.75 Å². The molecular weight excluding hydrogens is 244 g/mol. The summed E-state index contributed by atoms with van der Waals surface area (Å²) < 4.78 is 5.83. The molecule has 1 aromatic carbocycles. The van der Waals surface area contributed by atoms with Crippen molar-refractivity contribution in [3.05, 3.63) is 35.9 Å². The van der Waals surface area contributed by atoms with Crippen molar-refractivity contribution in [2.24, 2.45) is 0 Å². The lowest BCUT2D eigenvalue weighted by atomic mass is 10.1. The summed E-state index contributed by atoms with van der Waals surface area (Å²) in [4.78, 5) is 0. The van der Waals surface area contributed by atoms with E-state index in [9.17, 15) is 0 Å².